The Balaban J connectivity index is 2.29. The van der Waals surface area contributed by atoms with Crippen LogP contribution in [0.25, 0.3) is 0 Å². The van der Waals surface area contributed by atoms with Crippen molar-refractivity contribution in [2.75, 3.05) is 24.5 Å². The number of pyridine rings is 1. The Labute approximate surface area is 162 Å². The lowest BCUT2D eigenvalue weighted by atomic mass is 10.2. The van der Waals surface area contributed by atoms with E-state index in [1.807, 2.05) is 52.0 Å². The molecule has 0 fully saturated rings. The van der Waals surface area contributed by atoms with Gasteiger partial charge in [-0.15, -0.1) is 0 Å². The van der Waals surface area contributed by atoms with Crippen LogP contribution < -0.4 is 4.90 Å². The average Bonchev–Trinajstić information content (AvgIpc) is 2.68. The normalized spacial score (nSPS) is 10.5. The SMILES string of the molecule is CCCN(CCC)C(=O)c1cccc(C(=O)N(CC)c2cccc(C)c2)n1. The summed E-state index contributed by atoms with van der Waals surface area (Å²) in [6.45, 7) is 9.93. The molecular formula is C22H29N3O2. The van der Waals surface area contributed by atoms with Gasteiger partial charge in [-0.25, -0.2) is 4.98 Å². The first-order valence-electron chi connectivity index (χ1n) is 9.66. The van der Waals surface area contributed by atoms with Crippen LogP contribution in [-0.4, -0.2) is 41.3 Å². The largest absolute Gasteiger partial charge is 0.337 e. The maximum Gasteiger partial charge on any atom is 0.276 e. The molecule has 1 aromatic carbocycles. The van der Waals surface area contributed by atoms with Crippen molar-refractivity contribution in [1.82, 2.24) is 9.88 Å². The molecule has 2 amide bonds. The number of aryl methyl sites for hydroxylation is 1. The summed E-state index contributed by atoms with van der Waals surface area (Å²) in [6, 6.07) is 12.9. The molecule has 5 nitrogen and oxygen atoms in total. The van der Waals surface area contributed by atoms with E-state index in [0.717, 1.165) is 24.1 Å². The third-order valence-corrected chi connectivity index (χ3v) is 4.34. The molecular weight excluding hydrogens is 338 g/mol. The molecule has 0 unspecified atom stereocenters. The first-order valence-corrected chi connectivity index (χ1v) is 9.66. The van der Waals surface area contributed by atoms with Crippen LogP contribution in [0.5, 0.6) is 0 Å². The van der Waals surface area contributed by atoms with Gasteiger partial charge in [-0.2, -0.15) is 0 Å². The Morgan fingerprint density at radius 1 is 0.889 bits per heavy atom. The molecule has 0 bridgehead atoms. The van der Waals surface area contributed by atoms with Crippen LogP contribution in [0.4, 0.5) is 5.69 Å². The van der Waals surface area contributed by atoms with Gasteiger partial charge in [0, 0.05) is 25.3 Å². The molecule has 0 spiro atoms. The first-order chi connectivity index (χ1) is 13.0. The number of nitrogens with zero attached hydrogens (tertiary/aromatic N) is 3. The maximum atomic E-state index is 13.0. The minimum absolute atomic E-state index is 0.119. The van der Waals surface area contributed by atoms with Crippen molar-refractivity contribution in [3.63, 3.8) is 0 Å². The molecule has 0 N–H and O–H groups in total. The van der Waals surface area contributed by atoms with Gasteiger partial charge >= 0.3 is 0 Å². The lowest BCUT2D eigenvalue weighted by Gasteiger charge is -2.23. The highest BCUT2D eigenvalue weighted by Crippen LogP contribution is 2.18. The number of hydrogen-bond donors (Lipinski definition) is 0. The van der Waals surface area contributed by atoms with Gasteiger partial charge in [0.15, 0.2) is 0 Å². The summed E-state index contributed by atoms with van der Waals surface area (Å²) < 4.78 is 0. The molecule has 1 heterocycles. The van der Waals surface area contributed by atoms with Gasteiger partial charge < -0.3 is 9.80 Å². The third-order valence-electron chi connectivity index (χ3n) is 4.34. The van der Waals surface area contributed by atoms with Crippen LogP contribution in [0.2, 0.25) is 0 Å². The molecule has 144 valence electrons. The zero-order valence-electron chi connectivity index (χ0n) is 16.7. The first kappa shape index (κ1) is 20.6. The van der Waals surface area contributed by atoms with E-state index >= 15 is 0 Å². The minimum Gasteiger partial charge on any atom is -0.337 e. The second kappa shape index (κ2) is 9.86. The monoisotopic (exact) mass is 367 g/mol. The highest BCUT2D eigenvalue weighted by Gasteiger charge is 2.21. The van der Waals surface area contributed by atoms with Gasteiger partial charge in [0.1, 0.15) is 11.4 Å². The van der Waals surface area contributed by atoms with Crippen molar-refractivity contribution in [1.29, 1.82) is 0 Å². The summed E-state index contributed by atoms with van der Waals surface area (Å²) in [6.07, 6.45) is 1.78. The standard InChI is InChI=1S/C22H29N3O2/c1-5-14-24(15-6-2)21(26)19-12-9-13-20(23-19)22(27)25(7-3)18-11-8-10-17(4)16-18/h8-13,16H,5-7,14-15H2,1-4H3. The molecule has 0 aliphatic rings. The third kappa shape index (κ3) is 5.16. The number of carbonyl (C=O) groups is 2. The number of benzene rings is 1. The van der Waals surface area contributed by atoms with Crippen molar-refractivity contribution in [3.8, 4) is 0 Å². The Morgan fingerprint density at radius 3 is 2.04 bits per heavy atom. The van der Waals surface area contributed by atoms with E-state index in [0.29, 0.717) is 25.3 Å². The second-order valence-corrected chi connectivity index (χ2v) is 6.59. The second-order valence-electron chi connectivity index (χ2n) is 6.59. The number of amides is 2. The van der Waals surface area contributed by atoms with Crippen molar-refractivity contribution >= 4 is 17.5 Å². The molecule has 0 atom stereocenters. The van der Waals surface area contributed by atoms with E-state index in [1.165, 1.54) is 0 Å². The van der Waals surface area contributed by atoms with Crippen LogP contribution in [0.3, 0.4) is 0 Å². The molecule has 0 saturated heterocycles. The van der Waals surface area contributed by atoms with E-state index in [4.69, 9.17) is 0 Å². The number of rotatable bonds is 8. The highest BCUT2D eigenvalue weighted by molar-refractivity contribution is 6.05. The van der Waals surface area contributed by atoms with Crippen LogP contribution in [0, 0.1) is 6.92 Å². The molecule has 0 radical (unpaired) electrons. The Bertz CT molecular complexity index is 783. The van der Waals surface area contributed by atoms with E-state index in [9.17, 15) is 9.59 Å². The fourth-order valence-electron chi connectivity index (χ4n) is 3.07. The number of hydrogen-bond acceptors (Lipinski definition) is 3. The number of carbonyl (C=O) groups excluding carboxylic acids is 2. The van der Waals surface area contributed by atoms with E-state index in [1.54, 1.807) is 28.0 Å². The van der Waals surface area contributed by atoms with Crippen LogP contribution in [-0.2, 0) is 0 Å². The van der Waals surface area contributed by atoms with Gasteiger partial charge in [0.2, 0.25) is 0 Å². The lowest BCUT2D eigenvalue weighted by Crippen LogP contribution is -2.34. The van der Waals surface area contributed by atoms with Crippen molar-refractivity contribution in [3.05, 3.63) is 59.4 Å². The molecule has 0 aliphatic heterocycles. The van der Waals surface area contributed by atoms with Gasteiger partial charge in [0.05, 0.1) is 0 Å². The van der Waals surface area contributed by atoms with Gasteiger partial charge in [-0.3, -0.25) is 9.59 Å². The predicted octanol–water partition coefficient (Wildman–Crippen LogP) is 4.32. The van der Waals surface area contributed by atoms with Gasteiger partial charge in [0.25, 0.3) is 11.8 Å². The Hall–Kier alpha value is -2.69. The summed E-state index contributed by atoms with van der Waals surface area (Å²) in [4.78, 5) is 33.7. The van der Waals surface area contributed by atoms with Crippen LogP contribution in [0.1, 0.15) is 60.2 Å². The predicted molar refractivity (Wildman–Crippen MR) is 109 cm³/mol. The highest BCUT2D eigenvalue weighted by atomic mass is 16.2. The summed E-state index contributed by atoms with van der Waals surface area (Å²) >= 11 is 0. The molecule has 5 heteroatoms. The minimum atomic E-state index is -0.199. The molecule has 2 rings (SSSR count). The molecule has 0 saturated carbocycles. The van der Waals surface area contributed by atoms with Gasteiger partial charge in [-0.05, 0) is 56.5 Å². The fourth-order valence-corrected chi connectivity index (χ4v) is 3.07. The Morgan fingerprint density at radius 2 is 1.48 bits per heavy atom. The van der Waals surface area contributed by atoms with Crippen LogP contribution in [0.15, 0.2) is 42.5 Å². The fraction of sp³-hybridized carbons (Fsp3) is 0.409. The summed E-state index contributed by atoms with van der Waals surface area (Å²) in [7, 11) is 0. The summed E-state index contributed by atoms with van der Waals surface area (Å²) in [5.41, 5.74) is 2.53. The van der Waals surface area contributed by atoms with Crippen molar-refractivity contribution in [2.24, 2.45) is 0 Å². The quantitative estimate of drug-likeness (QED) is 0.698. The summed E-state index contributed by atoms with van der Waals surface area (Å²) in [5, 5.41) is 0. The molecule has 27 heavy (non-hydrogen) atoms. The molecule has 2 aromatic rings. The maximum absolute atomic E-state index is 13.0. The lowest BCUT2D eigenvalue weighted by molar-refractivity contribution is 0.0749. The van der Waals surface area contributed by atoms with Crippen molar-refractivity contribution < 1.29 is 9.59 Å². The van der Waals surface area contributed by atoms with Gasteiger partial charge in [-0.1, -0.05) is 32.0 Å². The van der Waals surface area contributed by atoms with E-state index in [2.05, 4.69) is 4.98 Å². The Kier molecular flexibility index (Phi) is 7.53. The number of aromatic nitrogens is 1. The zero-order chi connectivity index (χ0) is 19.8. The molecule has 0 aliphatic carbocycles. The van der Waals surface area contributed by atoms with E-state index in [-0.39, 0.29) is 17.5 Å². The smallest absolute Gasteiger partial charge is 0.276 e. The van der Waals surface area contributed by atoms with E-state index < -0.39 is 0 Å². The number of anilines is 1. The average molecular weight is 367 g/mol. The summed E-state index contributed by atoms with van der Waals surface area (Å²) in [5.74, 6) is -0.317. The topological polar surface area (TPSA) is 53.5 Å². The van der Waals surface area contributed by atoms with Crippen molar-refractivity contribution in [2.45, 2.75) is 40.5 Å². The van der Waals surface area contributed by atoms with Crippen LogP contribution >= 0.6 is 0 Å². The molecule has 1 aromatic heterocycles. The zero-order valence-corrected chi connectivity index (χ0v) is 16.7.